The summed E-state index contributed by atoms with van der Waals surface area (Å²) in [7, 11) is 3.41. The monoisotopic (exact) mass is 245 g/mol. The zero-order valence-corrected chi connectivity index (χ0v) is 9.71. The van der Waals surface area contributed by atoms with E-state index in [1.165, 1.54) is 0 Å². The van der Waals surface area contributed by atoms with E-state index in [4.69, 9.17) is 4.74 Å². The van der Waals surface area contributed by atoms with Crippen LogP contribution in [0, 0.1) is 0 Å². The summed E-state index contributed by atoms with van der Waals surface area (Å²) in [6.07, 6.45) is -2.40. The van der Waals surface area contributed by atoms with Crippen LogP contribution in [0.1, 0.15) is 18.4 Å². The van der Waals surface area contributed by atoms with Gasteiger partial charge in [0.2, 0.25) is 0 Å². The van der Waals surface area contributed by atoms with Crippen molar-refractivity contribution < 1.29 is 17.9 Å². The highest BCUT2D eigenvalue weighted by Crippen LogP contribution is 2.36. The van der Waals surface area contributed by atoms with Gasteiger partial charge in [0.15, 0.2) is 0 Å². The number of nitrogens with zero attached hydrogens (tertiary/aromatic N) is 1. The summed E-state index contributed by atoms with van der Waals surface area (Å²) < 4.78 is 43.5. The number of halogens is 3. The lowest BCUT2D eigenvalue weighted by Crippen LogP contribution is -2.12. The van der Waals surface area contributed by atoms with Gasteiger partial charge in [-0.05, 0) is 25.0 Å². The summed E-state index contributed by atoms with van der Waals surface area (Å²) in [4.78, 5) is 1.63. The van der Waals surface area contributed by atoms with Crippen molar-refractivity contribution in [2.45, 2.75) is 25.1 Å². The molecular weight excluding hydrogens is 231 g/mol. The Morgan fingerprint density at radius 3 is 2.29 bits per heavy atom. The maximum atomic E-state index is 12.7. The van der Waals surface area contributed by atoms with E-state index in [2.05, 4.69) is 0 Å². The molecule has 2 rings (SSSR count). The van der Waals surface area contributed by atoms with Crippen LogP contribution < -0.4 is 9.64 Å². The van der Waals surface area contributed by atoms with Crippen molar-refractivity contribution in [2.75, 3.05) is 19.0 Å². The van der Waals surface area contributed by atoms with Gasteiger partial charge in [-0.1, -0.05) is 0 Å². The lowest BCUT2D eigenvalue weighted by molar-refractivity contribution is -0.137. The Kier molecular flexibility index (Phi) is 2.93. The third kappa shape index (κ3) is 3.05. The van der Waals surface area contributed by atoms with Gasteiger partial charge >= 0.3 is 6.18 Å². The third-order valence-corrected chi connectivity index (χ3v) is 2.56. The summed E-state index contributed by atoms with van der Waals surface area (Å²) in [6.45, 7) is 0. The fourth-order valence-corrected chi connectivity index (χ4v) is 1.45. The molecule has 17 heavy (non-hydrogen) atoms. The molecule has 5 heteroatoms. The molecule has 0 heterocycles. The van der Waals surface area contributed by atoms with Crippen LogP contribution in [0.4, 0.5) is 18.9 Å². The zero-order chi connectivity index (χ0) is 12.6. The first-order valence-electron chi connectivity index (χ1n) is 5.42. The van der Waals surface area contributed by atoms with Crippen LogP contribution >= 0.6 is 0 Å². The van der Waals surface area contributed by atoms with E-state index >= 15 is 0 Å². The Bertz CT molecular complexity index is 411. The highest BCUT2D eigenvalue weighted by atomic mass is 19.4. The largest absolute Gasteiger partial charge is 0.490 e. The minimum atomic E-state index is -4.34. The topological polar surface area (TPSA) is 12.5 Å². The summed E-state index contributed by atoms with van der Waals surface area (Å²) in [6, 6.07) is 3.82. The van der Waals surface area contributed by atoms with E-state index in [1.807, 2.05) is 0 Å². The number of benzene rings is 1. The van der Waals surface area contributed by atoms with Crippen LogP contribution in [0.5, 0.6) is 5.75 Å². The van der Waals surface area contributed by atoms with E-state index in [-0.39, 0.29) is 6.10 Å². The van der Waals surface area contributed by atoms with Gasteiger partial charge in [0.1, 0.15) is 5.75 Å². The number of ether oxygens (including phenoxy) is 1. The van der Waals surface area contributed by atoms with Crippen LogP contribution in [0.25, 0.3) is 0 Å². The third-order valence-electron chi connectivity index (χ3n) is 2.56. The molecule has 1 saturated carbocycles. The molecule has 0 amide bonds. The average Bonchev–Trinajstić information content (AvgIpc) is 2.99. The molecule has 2 nitrogen and oxygen atoms in total. The fourth-order valence-electron chi connectivity index (χ4n) is 1.45. The second-order valence-electron chi connectivity index (χ2n) is 4.42. The van der Waals surface area contributed by atoms with Crippen molar-refractivity contribution in [2.24, 2.45) is 0 Å². The zero-order valence-electron chi connectivity index (χ0n) is 9.71. The van der Waals surface area contributed by atoms with Crippen LogP contribution in [0.3, 0.4) is 0 Å². The number of anilines is 1. The molecule has 0 bridgehead atoms. The molecule has 0 unspecified atom stereocenters. The molecule has 1 aromatic rings. The Labute approximate surface area is 98.0 Å². The Morgan fingerprint density at radius 1 is 1.18 bits per heavy atom. The smallest absolute Gasteiger partial charge is 0.416 e. The van der Waals surface area contributed by atoms with Crippen molar-refractivity contribution in [3.8, 4) is 5.75 Å². The first-order chi connectivity index (χ1) is 7.86. The highest BCUT2D eigenvalue weighted by Gasteiger charge is 2.32. The molecule has 1 fully saturated rings. The van der Waals surface area contributed by atoms with Gasteiger partial charge in [0.05, 0.1) is 11.7 Å². The molecule has 0 N–H and O–H groups in total. The number of alkyl halides is 3. The molecule has 1 aliphatic rings. The summed E-state index contributed by atoms with van der Waals surface area (Å²) >= 11 is 0. The first kappa shape index (κ1) is 12.1. The van der Waals surface area contributed by atoms with Gasteiger partial charge in [-0.3, -0.25) is 0 Å². The predicted molar refractivity (Wildman–Crippen MR) is 59.4 cm³/mol. The van der Waals surface area contributed by atoms with Crippen LogP contribution in [-0.4, -0.2) is 20.2 Å². The fraction of sp³-hybridized carbons (Fsp3) is 0.500. The molecule has 94 valence electrons. The highest BCUT2D eigenvalue weighted by molar-refractivity contribution is 5.53. The number of hydrogen-bond acceptors (Lipinski definition) is 2. The van der Waals surface area contributed by atoms with Crippen molar-refractivity contribution in [3.05, 3.63) is 23.8 Å². The van der Waals surface area contributed by atoms with Crippen molar-refractivity contribution >= 4 is 5.69 Å². The normalized spacial score (nSPS) is 15.8. The minimum absolute atomic E-state index is 0.0912. The van der Waals surface area contributed by atoms with Gasteiger partial charge in [-0.2, -0.15) is 13.2 Å². The van der Waals surface area contributed by atoms with E-state index in [0.29, 0.717) is 11.4 Å². The predicted octanol–water partition coefficient (Wildman–Crippen LogP) is 3.31. The van der Waals surface area contributed by atoms with Crippen LogP contribution in [0.15, 0.2) is 18.2 Å². The summed E-state index contributed by atoms with van der Waals surface area (Å²) in [5, 5.41) is 0. The second kappa shape index (κ2) is 4.13. The van der Waals surface area contributed by atoms with E-state index in [0.717, 1.165) is 25.0 Å². The van der Waals surface area contributed by atoms with Crippen LogP contribution in [0.2, 0.25) is 0 Å². The van der Waals surface area contributed by atoms with Crippen molar-refractivity contribution in [3.63, 3.8) is 0 Å². The maximum absolute atomic E-state index is 12.7. The maximum Gasteiger partial charge on any atom is 0.416 e. The Morgan fingerprint density at radius 2 is 1.82 bits per heavy atom. The SMILES string of the molecule is CN(C)c1cc(OC2CC2)cc(C(F)(F)F)c1. The lowest BCUT2D eigenvalue weighted by atomic mass is 10.1. The molecular formula is C12H14F3NO. The molecule has 1 aliphatic carbocycles. The van der Waals surface area contributed by atoms with Gasteiger partial charge in [-0.15, -0.1) is 0 Å². The quantitative estimate of drug-likeness (QED) is 0.810. The van der Waals surface area contributed by atoms with Gasteiger partial charge in [-0.25, -0.2) is 0 Å². The molecule has 0 aliphatic heterocycles. The van der Waals surface area contributed by atoms with E-state index in [1.54, 1.807) is 25.1 Å². The minimum Gasteiger partial charge on any atom is -0.490 e. The van der Waals surface area contributed by atoms with Crippen LogP contribution in [-0.2, 0) is 6.18 Å². The summed E-state index contributed by atoms with van der Waals surface area (Å²) in [5.74, 6) is 0.297. The standard InChI is InChI=1S/C12H14F3NO/c1-16(2)9-5-8(12(13,14)15)6-11(7-9)17-10-3-4-10/h5-7,10H,3-4H2,1-2H3. The summed E-state index contributed by atoms with van der Waals surface area (Å²) in [5.41, 5.74) is -0.171. The lowest BCUT2D eigenvalue weighted by Gasteiger charge is -2.17. The van der Waals surface area contributed by atoms with Gasteiger partial charge in [0.25, 0.3) is 0 Å². The van der Waals surface area contributed by atoms with E-state index in [9.17, 15) is 13.2 Å². The number of hydrogen-bond donors (Lipinski definition) is 0. The Balaban J connectivity index is 2.34. The first-order valence-corrected chi connectivity index (χ1v) is 5.42. The van der Waals surface area contributed by atoms with Crippen molar-refractivity contribution in [1.82, 2.24) is 0 Å². The molecule has 0 atom stereocenters. The average molecular weight is 245 g/mol. The number of rotatable bonds is 3. The van der Waals surface area contributed by atoms with Crippen molar-refractivity contribution in [1.29, 1.82) is 0 Å². The molecule has 0 radical (unpaired) electrons. The van der Waals surface area contributed by atoms with Gasteiger partial charge in [0, 0.05) is 25.8 Å². The molecule has 0 spiro atoms. The van der Waals surface area contributed by atoms with Gasteiger partial charge < -0.3 is 9.64 Å². The Hall–Kier alpha value is -1.39. The molecule has 0 saturated heterocycles. The molecule has 0 aromatic heterocycles. The van der Waals surface area contributed by atoms with E-state index < -0.39 is 11.7 Å². The molecule has 1 aromatic carbocycles. The second-order valence-corrected chi connectivity index (χ2v) is 4.42.